The molecule has 0 radical (unpaired) electrons. The minimum absolute atomic E-state index is 0.217. The van der Waals surface area contributed by atoms with E-state index in [1.54, 1.807) is 34.1 Å². The van der Waals surface area contributed by atoms with Crippen molar-refractivity contribution in [2.24, 2.45) is 0 Å². The largest absolute Gasteiger partial charge is 0.487 e. The van der Waals surface area contributed by atoms with E-state index in [9.17, 15) is 9.59 Å². The number of rotatable bonds is 2. The molecule has 0 saturated carbocycles. The number of benzene rings is 3. The molecule has 12 heteroatoms. The standard InChI is InChI=1S/C36H44N2O10/c39-35(37-12-16-41-20-24-45-31-8-1-2-9-32(31)46-25-21-42-17-13-37)29-6-5-7-30(28-29)36(40)38-14-18-43-22-26-47-33-10-3-4-11-34(33)48-27-23-44-19-15-38/h1-11,28H,12-27H2. The molecule has 5 rings (SSSR count). The maximum absolute atomic E-state index is 13.7. The van der Waals surface area contributed by atoms with E-state index in [1.165, 1.54) is 0 Å². The third kappa shape index (κ3) is 10.8. The van der Waals surface area contributed by atoms with Gasteiger partial charge in [0.05, 0.1) is 52.9 Å². The van der Waals surface area contributed by atoms with Crippen LogP contribution in [0.15, 0.2) is 72.8 Å². The summed E-state index contributed by atoms with van der Waals surface area (Å²) in [6.45, 7) is 5.50. The molecule has 0 fully saturated rings. The monoisotopic (exact) mass is 664 g/mol. The second-order valence-corrected chi connectivity index (χ2v) is 10.9. The number of para-hydroxylation sites is 4. The van der Waals surface area contributed by atoms with Crippen molar-refractivity contribution in [1.82, 2.24) is 9.80 Å². The lowest BCUT2D eigenvalue weighted by atomic mass is 10.1. The molecule has 48 heavy (non-hydrogen) atoms. The molecule has 0 bridgehead atoms. The fourth-order valence-electron chi connectivity index (χ4n) is 5.11. The Kier molecular flexibility index (Phi) is 14.2. The van der Waals surface area contributed by atoms with Gasteiger partial charge in [-0.2, -0.15) is 0 Å². The molecule has 3 aromatic rings. The summed E-state index contributed by atoms with van der Waals surface area (Å²) < 4.78 is 46.4. The van der Waals surface area contributed by atoms with Gasteiger partial charge in [0.25, 0.3) is 11.8 Å². The Hall–Kier alpha value is -4.36. The van der Waals surface area contributed by atoms with Crippen molar-refractivity contribution in [3.63, 3.8) is 0 Å². The molecule has 2 amide bonds. The predicted molar refractivity (Wildman–Crippen MR) is 176 cm³/mol. The highest BCUT2D eigenvalue weighted by Crippen LogP contribution is 2.27. The van der Waals surface area contributed by atoms with Crippen LogP contribution in [-0.2, 0) is 18.9 Å². The number of fused-ring (bicyclic) bond motifs is 2. The van der Waals surface area contributed by atoms with E-state index >= 15 is 0 Å². The summed E-state index contributed by atoms with van der Waals surface area (Å²) in [5.41, 5.74) is 0.807. The average molecular weight is 665 g/mol. The van der Waals surface area contributed by atoms with Crippen LogP contribution in [0.1, 0.15) is 20.7 Å². The molecule has 0 spiro atoms. The van der Waals surface area contributed by atoms with E-state index in [2.05, 4.69) is 0 Å². The van der Waals surface area contributed by atoms with Crippen molar-refractivity contribution in [3.8, 4) is 23.0 Å². The Balaban J connectivity index is 1.17. The van der Waals surface area contributed by atoms with Crippen LogP contribution < -0.4 is 18.9 Å². The van der Waals surface area contributed by atoms with E-state index in [1.807, 2.05) is 48.5 Å². The van der Waals surface area contributed by atoms with Gasteiger partial charge in [0, 0.05) is 37.3 Å². The molecule has 0 saturated heterocycles. The van der Waals surface area contributed by atoms with Crippen LogP contribution in [0.5, 0.6) is 23.0 Å². The zero-order valence-corrected chi connectivity index (χ0v) is 27.2. The first-order valence-electron chi connectivity index (χ1n) is 16.4. The van der Waals surface area contributed by atoms with E-state index in [0.717, 1.165) is 0 Å². The van der Waals surface area contributed by atoms with Crippen LogP contribution in [-0.4, -0.2) is 127 Å². The van der Waals surface area contributed by atoms with Crippen molar-refractivity contribution in [3.05, 3.63) is 83.9 Å². The summed E-state index contributed by atoms with van der Waals surface area (Å²) >= 11 is 0. The van der Waals surface area contributed by atoms with Gasteiger partial charge in [-0.1, -0.05) is 30.3 Å². The van der Waals surface area contributed by atoms with Crippen LogP contribution in [0.25, 0.3) is 0 Å². The minimum atomic E-state index is -0.217. The normalized spacial score (nSPS) is 17.9. The molecule has 0 unspecified atom stereocenters. The molecular weight excluding hydrogens is 620 g/mol. The summed E-state index contributed by atoms with van der Waals surface area (Å²) in [5, 5.41) is 0. The number of carbonyl (C=O) groups is 2. The summed E-state index contributed by atoms with van der Waals surface area (Å²) in [6, 6.07) is 21.7. The predicted octanol–water partition coefficient (Wildman–Crippen LogP) is 3.58. The Labute approximate surface area is 281 Å². The second-order valence-electron chi connectivity index (χ2n) is 10.9. The first-order valence-corrected chi connectivity index (χ1v) is 16.4. The van der Waals surface area contributed by atoms with Crippen molar-refractivity contribution < 1.29 is 47.5 Å². The van der Waals surface area contributed by atoms with Crippen molar-refractivity contribution >= 4 is 11.8 Å². The van der Waals surface area contributed by atoms with E-state index in [4.69, 9.17) is 37.9 Å². The Morgan fingerprint density at radius 3 is 1.02 bits per heavy atom. The lowest BCUT2D eigenvalue weighted by Crippen LogP contribution is -2.38. The SMILES string of the molecule is O=C(c1cccc(C(=O)N2CCOCCOc3ccccc3OCCOCC2)c1)N1CCOCCOc2ccccc2OCCOCC1. The first kappa shape index (κ1) is 35.0. The smallest absolute Gasteiger partial charge is 0.254 e. The molecule has 0 aromatic heterocycles. The summed E-state index contributed by atoms with van der Waals surface area (Å²) in [7, 11) is 0. The lowest BCUT2D eigenvalue weighted by Gasteiger charge is -2.24. The van der Waals surface area contributed by atoms with Crippen LogP contribution in [0.3, 0.4) is 0 Å². The van der Waals surface area contributed by atoms with Crippen molar-refractivity contribution in [2.45, 2.75) is 0 Å². The highest BCUT2D eigenvalue weighted by Gasteiger charge is 2.21. The van der Waals surface area contributed by atoms with Crippen molar-refractivity contribution in [1.29, 1.82) is 0 Å². The van der Waals surface area contributed by atoms with Crippen LogP contribution >= 0.6 is 0 Å². The highest BCUT2D eigenvalue weighted by atomic mass is 16.6. The van der Waals surface area contributed by atoms with E-state index < -0.39 is 0 Å². The fraction of sp³-hybridized carbons (Fsp3) is 0.444. The van der Waals surface area contributed by atoms with Gasteiger partial charge in [-0.15, -0.1) is 0 Å². The number of hydrogen-bond acceptors (Lipinski definition) is 10. The quantitative estimate of drug-likeness (QED) is 0.403. The average Bonchev–Trinajstić information content (AvgIpc) is 3.13. The van der Waals surface area contributed by atoms with Gasteiger partial charge < -0.3 is 47.7 Å². The molecule has 0 atom stereocenters. The van der Waals surface area contributed by atoms with Gasteiger partial charge in [-0.3, -0.25) is 9.59 Å². The number of carbonyl (C=O) groups excluding carboxylic acids is 2. The number of amides is 2. The summed E-state index contributed by atoms with van der Waals surface area (Å²) in [4.78, 5) is 30.7. The first-order chi connectivity index (χ1) is 23.7. The Morgan fingerprint density at radius 2 is 0.708 bits per heavy atom. The van der Waals surface area contributed by atoms with Crippen LogP contribution in [0.4, 0.5) is 0 Å². The van der Waals surface area contributed by atoms with Gasteiger partial charge in [0.15, 0.2) is 23.0 Å². The highest BCUT2D eigenvalue weighted by molar-refractivity contribution is 5.99. The second kappa shape index (κ2) is 19.5. The fourth-order valence-corrected chi connectivity index (χ4v) is 5.11. The molecule has 2 aliphatic rings. The molecule has 12 nitrogen and oxygen atoms in total. The summed E-state index contributed by atoms with van der Waals surface area (Å²) in [5.74, 6) is 2.15. The zero-order chi connectivity index (χ0) is 33.2. The molecule has 0 N–H and O–H groups in total. The molecular formula is C36H44N2O10. The lowest BCUT2D eigenvalue weighted by molar-refractivity contribution is 0.0458. The van der Waals surface area contributed by atoms with Crippen LogP contribution in [0.2, 0.25) is 0 Å². The maximum Gasteiger partial charge on any atom is 0.254 e. The topological polar surface area (TPSA) is 114 Å². The van der Waals surface area contributed by atoms with Gasteiger partial charge in [-0.05, 0) is 42.5 Å². The van der Waals surface area contributed by atoms with Gasteiger partial charge in [0.1, 0.15) is 26.4 Å². The van der Waals surface area contributed by atoms with Gasteiger partial charge >= 0.3 is 0 Å². The number of hydrogen-bond donors (Lipinski definition) is 0. The van der Waals surface area contributed by atoms with Gasteiger partial charge in [0.2, 0.25) is 0 Å². The molecule has 2 heterocycles. The minimum Gasteiger partial charge on any atom is -0.487 e. The molecule has 258 valence electrons. The zero-order valence-electron chi connectivity index (χ0n) is 27.2. The molecule has 0 aliphatic carbocycles. The van der Waals surface area contributed by atoms with E-state index in [0.29, 0.717) is 140 Å². The molecule has 3 aromatic carbocycles. The third-order valence-corrected chi connectivity index (χ3v) is 7.59. The van der Waals surface area contributed by atoms with E-state index in [-0.39, 0.29) is 11.8 Å². The number of nitrogens with zero attached hydrogens (tertiary/aromatic N) is 2. The Bertz CT molecular complexity index is 1260. The number of ether oxygens (including phenoxy) is 8. The Morgan fingerprint density at radius 1 is 0.396 bits per heavy atom. The third-order valence-electron chi connectivity index (χ3n) is 7.59. The van der Waals surface area contributed by atoms with Crippen molar-refractivity contribution in [2.75, 3.05) is 105 Å². The van der Waals surface area contributed by atoms with Crippen LogP contribution in [0, 0.1) is 0 Å². The summed E-state index contributed by atoms with van der Waals surface area (Å²) in [6.07, 6.45) is 0. The van der Waals surface area contributed by atoms with Gasteiger partial charge in [-0.25, -0.2) is 0 Å². The maximum atomic E-state index is 13.7. The molecule has 2 aliphatic heterocycles.